The van der Waals surface area contributed by atoms with E-state index in [2.05, 4.69) is 9.98 Å². The number of pyridine rings is 1. The summed E-state index contributed by atoms with van der Waals surface area (Å²) in [6, 6.07) is 2.34. The van der Waals surface area contributed by atoms with Crippen LogP contribution in [-0.4, -0.2) is 57.8 Å². The van der Waals surface area contributed by atoms with E-state index in [1.54, 1.807) is 25.3 Å². The summed E-state index contributed by atoms with van der Waals surface area (Å²) < 4.78 is 40.9. The number of alkyl halides is 3. The highest BCUT2D eigenvalue weighted by Crippen LogP contribution is 2.29. The molecule has 0 bridgehead atoms. The van der Waals surface area contributed by atoms with Crippen LogP contribution in [0.3, 0.4) is 0 Å². The minimum atomic E-state index is -4.38. The molecule has 0 aliphatic rings. The maximum atomic E-state index is 12.0. The highest BCUT2D eigenvalue weighted by Gasteiger charge is 2.29. The van der Waals surface area contributed by atoms with Crippen LogP contribution >= 0.6 is 23.4 Å². The van der Waals surface area contributed by atoms with Crippen LogP contribution in [0.25, 0.3) is 0 Å². The van der Waals surface area contributed by atoms with Crippen molar-refractivity contribution in [1.82, 2.24) is 9.88 Å². The van der Waals surface area contributed by atoms with E-state index >= 15 is 0 Å². The molecule has 1 rings (SSSR count). The fourth-order valence-corrected chi connectivity index (χ4v) is 2.25. The number of rotatable bonds is 8. The highest BCUT2D eigenvalue weighted by atomic mass is 35.5. The molecular formula is C14H16ClF3N4O2S. The first-order valence-electron chi connectivity index (χ1n) is 7.07. The molecule has 0 aromatic carbocycles. The van der Waals surface area contributed by atoms with Gasteiger partial charge in [0.25, 0.3) is 0 Å². The van der Waals surface area contributed by atoms with Gasteiger partial charge in [-0.25, -0.2) is 4.79 Å². The standard InChI is InChI=1S/C14H16ClF3N4O2S/c1-2-22(13(23)24-6-7-25-14(16,17)18)11(12(15)19)9-21-10-4-3-5-20-8-10/h3-5,8-9,11,19H,2,6-7H2,1H3. The van der Waals surface area contributed by atoms with E-state index in [1.807, 2.05) is 0 Å². The zero-order valence-electron chi connectivity index (χ0n) is 13.2. The molecule has 0 saturated heterocycles. The zero-order chi connectivity index (χ0) is 18.9. The summed E-state index contributed by atoms with van der Waals surface area (Å²) in [5.74, 6) is -0.417. The van der Waals surface area contributed by atoms with E-state index in [1.165, 1.54) is 12.4 Å². The number of hydrogen-bond acceptors (Lipinski definition) is 6. The summed E-state index contributed by atoms with van der Waals surface area (Å²) in [5.41, 5.74) is -3.88. The molecule has 1 aromatic rings. The number of amides is 1. The van der Waals surface area contributed by atoms with Crippen LogP contribution in [0, 0.1) is 5.41 Å². The summed E-state index contributed by atoms with van der Waals surface area (Å²) in [4.78, 5) is 21.1. The summed E-state index contributed by atoms with van der Waals surface area (Å²) in [6.45, 7) is 1.34. The number of aliphatic imine (C=N–C) groups is 1. The Labute approximate surface area is 151 Å². The van der Waals surface area contributed by atoms with Gasteiger partial charge in [0.1, 0.15) is 17.8 Å². The predicted molar refractivity (Wildman–Crippen MR) is 92.0 cm³/mol. The molecule has 1 heterocycles. The molecule has 0 aliphatic heterocycles. The second-order valence-corrected chi connectivity index (χ2v) is 6.04. The average Bonchev–Trinajstić information content (AvgIpc) is 2.55. The molecule has 0 saturated carbocycles. The van der Waals surface area contributed by atoms with Gasteiger partial charge in [-0.05, 0) is 30.8 Å². The molecule has 6 nitrogen and oxygen atoms in total. The van der Waals surface area contributed by atoms with Crippen LogP contribution < -0.4 is 0 Å². The summed E-state index contributed by atoms with van der Waals surface area (Å²) >= 11 is 5.44. The Kier molecular flexibility index (Phi) is 8.70. The predicted octanol–water partition coefficient (Wildman–Crippen LogP) is 4.08. The van der Waals surface area contributed by atoms with Gasteiger partial charge in [0.2, 0.25) is 0 Å². The maximum Gasteiger partial charge on any atom is 0.441 e. The lowest BCUT2D eigenvalue weighted by molar-refractivity contribution is -0.0330. The number of ether oxygens (including phenoxy) is 1. The van der Waals surface area contributed by atoms with E-state index in [0.717, 1.165) is 4.90 Å². The molecular weight excluding hydrogens is 381 g/mol. The lowest BCUT2D eigenvalue weighted by atomic mass is 10.3. The van der Waals surface area contributed by atoms with Crippen LogP contribution in [0.15, 0.2) is 29.5 Å². The van der Waals surface area contributed by atoms with Gasteiger partial charge in [0, 0.05) is 24.7 Å². The molecule has 0 fully saturated rings. The quantitative estimate of drug-likeness (QED) is 0.530. The minimum absolute atomic E-state index is 0.129. The van der Waals surface area contributed by atoms with Crippen molar-refractivity contribution in [2.24, 2.45) is 4.99 Å². The Morgan fingerprint density at radius 1 is 1.60 bits per heavy atom. The molecule has 11 heteroatoms. The first kappa shape index (κ1) is 21.2. The number of nitrogens with zero attached hydrogens (tertiary/aromatic N) is 3. The fraction of sp³-hybridized carbons (Fsp3) is 0.429. The lowest BCUT2D eigenvalue weighted by Crippen LogP contribution is -2.44. The van der Waals surface area contributed by atoms with Gasteiger partial charge in [-0.15, -0.1) is 0 Å². The van der Waals surface area contributed by atoms with Crippen LogP contribution in [-0.2, 0) is 4.74 Å². The number of halogens is 4. The molecule has 25 heavy (non-hydrogen) atoms. The summed E-state index contributed by atoms with van der Waals surface area (Å²) in [6.07, 6.45) is 3.45. The third-order valence-electron chi connectivity index (χ3n) is 2.76. The number of thioether (sulfide) groups is 1. The Morgan fingerprint density at radius 3 is 2.84 bits per heavy atom. The lowest BCUT2D eigenvalue weighted by Gasteiger charge is -2.25. The Bertz CT molecular complexity index is 601. The maximum absolute atomic E-state index is 12.0. The van der Waals surface area contributed by atoms with Crippen molar-refractivity contribution < 1.29 is 22.7 Å². The van der Waals surface area contributed by atoms with Crippen molar-refractivity contribution in [1.29, 1.82) is 5.41 Å². The molecule has 1 atom stereocenters. The second kappa shape index (κ2) is 10.2. The van der Waals surface area contributed by atoms with Crippen LogP contribution in [0.5, 0.6) is 0 Å². The van der Waals surface area contributed by atoms with Crippen molar-refractivity contribution in [2.45, 2.75) is 18.5 Å². The first-order chi connectivity index (χ1) is 11.7. The monoisotopic (exact) mass is 396 g/mol. The first-order valence-corrected chi connectivity index (χ1v) is 8.43. The van der Waals surface area contributed by atoms with Gasteiger partial charge in [0.05, 0.1) is 11.9 Å². The number of nitrogens with one attached hydrogen (secondary N) is 1. The molecule has 1 unspecified atom stereocenters. The smallest absolute Gasteiger partial charge is 0.441 e. The van der Waals surface area contributed by atoms with Gasteiger partial charge in [-0.1, -0.05) is 11.6 Å². The van der Waals surface area contributed by atoms with Gasteiger partial charge < -0.3 is 4.74 Å². The molecule has 0 radical (unpaired) electrons. The van der Waals surface area contributed by atoms with E-state index in [4.69, 9.17) is 21.7 Å². The van der Waals surface area contributed by atoms with Crippen LogP contribution in [0.4, 0.5) is 23.7 Å². The fourth-order valence-electron chi connectivity index (χ4n) is 1.68. The van der Waals surface area contributed by atoms with Crippen LogP contribution in [0.1, 0.15) is 6.92 Å². The second-order valence-electron chi connectivity index (χ2n) is 4.48. The van der Waals surface area contributed by atoms with Crippen molar-refractivity contribution in [3.63, 3.8) is 0 Å². The molecule has 138 valence electrons. The zero-order valence-corrected chi connectivity index (χ0v) is 14.7. The van der Waals surface area contributed by atoms with Gasteiger partial charge in [0.15, 0.2) is 0 Å². The van der Waals surface area contributed by atoms with E-state index in [0.29, 0.717) is 5.69 Å². The Hall–Kier alpha value is -1.81. The number of aromatic nitrogens is 1. The average molecular weight is 397 g/mol. The topological polar surface area (TPSA) is 78.6 Å². The number of carbonyl (C=O) groups is 1. The summed E-state index contributed by atoms with van der Waals surface area (Å²) in [5, 5.41) is 7.22. The molecule has 1 N–H and O–H groups in total. The molecule has 1 amide bonds. The van der Waals surface area contributed by atoms with Crippen molar-refractivity contribution in [3.05, 3.63) is 24.5 Å². The van der Waals surface area contributed by atoms with E-state index < -0.39 is 30.0 Å². The Morgan fingerprint density at radius 2 is 2.32 bits per heavy atom. The minimum Gasteiger partial charge on any atom is -0.449 e. The number of carbonyl (C=O) groups excluding carboxylic acids is 1. The number of hydrogen-bond donors (Lipinski definition) is 1. The van der Waals surface area contributed by atoms with Gasteiger partial charge in [-0.3, -0.25) is 20.3 Å². The third-order valence-corrected chi connectivity index (χ3v) is 3.68. The van der Waals surface area contributed by atoms with Gasteiger partial charge in [-0.2, -0.15) is 13.2 Å². The third kappa shape index (κ3) is 8.21. The largest absolute Gasteiger partial charge is 0.449 e. The SMILES string of the molecule is CCN(C(=O)OCCSC(F)(F)F)C(C=Nc1cccnc1)C(=N)Cl. The van der Waals surface area contributed by atoms with E-state index in [9.17, 15) is 18.0 Å². The Balaban J connectivity index is 2.69. The normalized spacial score (nSPS) is 12.8. The summed E-state index contributed by atoms with van der Waals surface area (Å²) in [7, 11) is 0. The highest BCUT2D eigenvalue weighted by molar-refractivity contribution is 8.00. The van der Waals surface area contributed by atoms with Gasteiger partial charge >= 0.3 is 11.6 Å². The molecule has 0 spiro atoms. The van der Waals surface area contributed by atoms with Crippen molar-refractivity contribution >= 4 is 46.5 Å². The molecule has 0 aliphatic carbocycles. The van der Waals surface area contributed by atoms with Crippen LogP contribution in [0.2, 0.25) is 0 Å². The van der Waals surface area contributed by atoms with E-state index in [-0.39, 0.29) is 23.5 Å². The van der Waals surface area contributed by atoms with Crippen molar-refractivity contribution in [2.75, 3.05) is 18.9 Å². The van der Waals surface area contributed by atoms with Crippen molar-refractivity contribution in [3.8, 4) is 0 Å². The molecule has 1 aromatic heterocycles.